The van der Waals surface area contributed by atoms with Crippen LogP contribution in [0, 0.1) is 13.8 Å². The first-order chi connectivity index (χ1) is 13.3. The van der Waals surface area contributed by atoms with Gasteiger partial charge in [-0.3, -0.25) is 4.79 Å². The van der Waals surface area contributed by atoms with Crippen LogP contribution in [0.25, 0.3) is 5.69 Å². The predicted molar refractivity (Wildman–Crippen MR) is 108 cm³/mol. The Labute approximate surface area is 164 Å². The summed E-state index contributed by atoms with van der Waals surface area (Å²) in [6.07, 6.45) is 0.182. The van der Waals surface area contributed by atoms with Crippen LogP contribution in [0.4, 0.5) is 5.69 Å². The van der Waals surface area contributed by atoms with E-state index in [1.165, 1.54) is 19.2 Å². The highest BCUT2D eigenvalue weighted by atomic mass is 32.2. The van der Waals surface area contributed by atoms with Crippen molar-refractivity contribution in [2.24, 2.45) is 0 Å². The van der Waals surface area contributed by atoms with Crippen molar-refractivity contribution >= 4 is 21.6 Å². The van der Waals surface area contributed by atoms with Crippen molar-refractivity contribution in [3.63, 3.8) is 0 Å². The first-order valence-corrected chi connectivity index (χ1v) is 10.2. The van der Waals surface area contributed by atoms with Crippen LogP contribution in [0.3, 0.4) is 0 Å². The number of sulfonamides is 1. The maximum absolute atomic E-state index is 12.5. The molecule has 0 saturated heterocycles. The second-order valence-electron chi connectivity index (χ2n) is 6.35. The summed E-state index contributed by atoms with van der Waals surface area (Å²) in [5.74, 6) is -0.192. The van der Waals surface area contributed by atoms with Crippen LogP contribution in [0.1, 0.15) is 17.0 Å². The molecule has 8 heteroatoms. The van der Waals surface area contributed by atoms with Gasteiger partial charge in [-0.05, 0) is 57.3 Å². The minimum Gasteiger partial charge on any atom is -0.326 e. The molecule has 146 valence electrons. The van der Waals surface area contributed by atoms with Crippen LogP contribution in [-0.4, -0.2) is 31.2 Å². The fraction of sp³-hybridized carbons (Fsp3) is 0.200. The fourth-order valence-electron chi connectivity index (χ4n) is 2.95. The van der Waals surface area contributed by atoms with Gasteiger partial charge < -0.3 is 5.32 Å². The van der Waals surface area contributed by atoms with E-state index in [1.54, 1.807) is 12.1 Å². The molecule has 3 rings (SSSR count). The van der Waals surface area contributed by atoms with Gasteiger partial charge in [0.15, 0.2) is 0 Å². The van der Waals surface area contributed by atoms with E-state index in [1.807, 2.05) is 48.9 Å². The topological polar surface area (TPSA) is 93.1 Å². The monoisotopic (exact) mass is 398 g/mol. The van der Waals surface area contributed by atoms with Crippen molar-refractivity contribution in [2.45, 2.75) is 25.2 Å². The van der Waals surface area contributed by atoms with Gasteiger partial charge in [0.1, 0.15) is 0 Å². The summed E-state index contributed by atoms with van der Waals surface area (Å²) in [4.78, 5) is 12.6. The number of carbonyl (C=O) groups excluding carboxylic acids is 1. The average Bonchev–Trinajstić information content (AvgIpc) is 2.97. The molecule has 0 saturated carbocycles. The zero-order valence-electron chi connectivity index (χ0n) is 15.9. The number of anilines is 1. The molecule has 0 aliphatic carbocycles. The van der Waals surface area contributed by atoms with Crippen molar-refractivity contribution in [2.75, 3.05) is 12.4 Å². The number of para-hydroxylation sites is 1. The zero-order valence-corrected chi connectivity index (χ0v) is 16.7. The van der Waals surface area contributed by atoms with Crippen LogP contribution in [0.2, 0.25) is 0 Å². The lowest BCUT2D eigenvalue weighted by atomic mass is 10.1. The Morgan fingerprint density at radius 1 is 1.04 bits per heavy atom. The average molecular weight is 398 g/mol. The quantitative estimate of drug-likeness (QED) is 0.667. The number of hydrogen-bond acceptors (Lipinski definition) is 4. The maximum Gasteiger partial charge on any atom is 0.240 e. The Kier molecular flexibility index (Phi) is 5.62. The number of benzene rings is 2. The van der Waals surface area contributed by atoms with E-state index in [9.17, 15) is 13.2 Å². The third-order valence-corrected chi connectivity index (χ3v) is 5.93. The zero-order chi connectivity index (χ0) is 20.3. The molecule has 0 fully saturated rings. The number of aryl methyl sites for hydroxylation is 1. The molecular formula is C20H22N4O3S. The molecule has 28 heavy (non-hydrogen) atoms. The van der Waals surface area contributed by atoms with Gasteiger partial charge in [-0.2, -0.15) is 5.10 Å². The first kappa shape index (κ1) is 19.8. The first-order valence-electron chi connectivity index (χ1n) is 8.76. The lowest BCUT2D eigenvalue weighted by Gasteiger charge is -2.08. The number of aromatic nitrogens is 2. The second-order valence-corrected chi connectivity index (χ2v) is 8.24. The molecule has 3 aromatic rings. The summed E-state index contributed by atoms with van der Waals surface area (Å²) in [5.41, 5.74) is 4.05. The van der Waals surface area contributed by atoms with E-state index in [0.717, 1.165) is 22.6 Å². The Bertz CT molecular complexity index is 1090. The molecule has 0 aliphatic rings. The number of nitrogens with one attached hydrogen (secondary N) is 2. The third kappa shape index (κ3) is 4.13. The molecule has 1 amide bonds. The molecule has 0 bridgehead atoms. The number of nitrogens with zero attached hydrogens (tertiary/aromatic N) is 2. The highest BCUT2D eigenvalue weighted by Crippen LogP contribution is 2.19. The molecule has 2 N–H and O–H groups in total. The van der Waals surface area contributed by atoms with Crippen LogP contribution in [0.15, 0.2) is 59.5 Å². The Morgan fingerprint density at radius 2 is 1.68 bits per heavy atom. The molecule has 1 aromatic heterocycles. The number of carbonyl (C=O) groups is 1. The van der Waals surface area contributed by atoms with Gasteiger partial charge in [-0.25, -0.2) is 17.8 Å². The normalized spacial score (nSPS) is 11.4. The predicted octanol–water partition coefficient (Wildman–Crippen LogP) is 2.58. The molecule has 1 heterocycles. The van der Waals surface area contributed by atoms with Crippen molar-refractivity contribution in [1.29, 1.82) is 0 Å². The lowest BCUT2D eigenvalue weighted by molar-refractivity contribution is -0.115. The van der Waals surface area contributed by atoms with Crippen LogP contribution in [-0.2, 0) is 21.2 Å². The molecule has 0 radical (unpaired) electrons. The molecule has 0 unspecified atom stereocenters. The molecule has 0 atom stereocenters. The molecular weight excluding hydrogens is 376 g/mol. The number of amides is 1. The Balaban J connectivity index is 1.75. The minimum atomic E-state index is -3.50. The second kappa shape index (κ2) is 7.95. The van der Waals surface area contributed by atoms with Gasteiger partial charge in [0.25, 0.3) is 0 Å². The minimum absolute atomic E-state index is 0.142. The van der Waals surface area contributed by atoms with Gasteiger partial charge in [-0.1, -0.05) is 18.2 Å². The lowest BCUT2D eigenvalue weighted by Crippen LogP contribution is -2.19. The number of hydrogen-bond donors (Lipinski definition) is 2. The molecule has 0 spiro atoms. The Hall–Kier alpha value is -2.97. The fourth-order valence-corrected chi connectivity index (χ4v) is 3.68. The van der Waals surface area contributed by atoms with Crippen LogP contribution < -0.4 is 10.0 Å². The summed E-state index contributed by atoms with van der Waals surface area (Å²) < 4.78 is 27.6. The van der Waals surface area contributed by atoms with E-state index in [4.69, 9.17) is 0 Å². The van der Waals surface area contributed by atoms with Gasteiger partial charge in [0, 0.05) is 16.9 Å². The summed E-state index contributed by atoms with van der Waals surface area (Å²) >= 11 is 0. The molecule has 7 nitrogen and oxygen atoms in total. The van der Waals surface area contributed by atoms with Gasteiger partial charge in [0.2, 0.25) is 15.9 Å². The molecule has 2 aromatic carbocycles. The summed E-state index contributed by atoms with van der Waals surface area (Å²) in [6, 6.07) is 15.8. The maximum atomic E-state index is 12.5. The summed E-state index contributed by atoms with van der Waals surface area (Å²) in [7, 11) is -2.15. The summed E-state index contributed by atoms with van der Waals surface area (Å²) in [6.45, 7) is 3.82. The third-order valence-electron chi connectivity index (χ3n) is 4.50. The van der Waals surface area contributed by atoms with E-state index >= 15 is 0 Å². The van der Waals surface area contributed by atoms with Gasteiger partial charge in [-0.15, -0.1) is 0 Å². The highest BCUT2D eigenvalue weighted by molar-refractivity contribution is 7.89. The summed E-state index contributed by atoms with van der Waals surface area (Å²) in [5, 5.41) is 7.35. The van der Waals surface area contributed by atoms with Crippen molar-refractivity contribution in [3.05, 3.63) is 71.5 Å². The van der Waals surface area contributed by atoms with Crippen molar-refractivity contribution in [1.82, 2.24) is 14.5 Å². The van der Waals surface area contributed by atoms with Gasteiger partial charge >= 0.3 is 0 Å². The van der Waals surface area contributed by atoms with Crippen molar-refractivity contribution in [3.8, 4) is 5.69 Å². The van der Waals surface area contributed by atoms with Crippen molar-refractivity contribution < 1.29 is 13.2 Å². The number of rotatable bonds is 6. The standard InChI is InChI=1S/C20H22N4O3S/c1-14-19(15(2)24(23-14)17-7-5-4-6-8-17)13-20(25)22-16-9-11-18(12-10-16)28(26,27)21-3/h4-12,21H,13H2,1-3H3,(H,22,25). The largest absolute Gasteiger partial charge is 0.326 e. The Morgan fingerprint density at radius 3 is 2.29 bits per heavy atom. The van der Waals surface area contributed by atoms with E-state index in [0.29, 0.717) is 5.69 Å². The SMILES string of the molecule is CNS(=O)(=O)c1ccc(NC(=O)Cc2c(C)nn(-c3ccccc3)c2C)cc1. The smallest absolute Gasteiger partial charge is 0.240 e. The van der Waals surface area contributed by atoms with Gasteiger partial charge in [0.05, 0.1) is 22.7 Å². The molecule has 0 aliphatic heterocycles. The van der Waals surface area contributed by atoms with E-state index < -0.39 is 10.0 Å². The highest BCUT2D eigenvalue weighted by Gasteiger charge is 2.16. The van der Waals surface area contributed by atoms with Crippen LogP contribution in [0.5, 0.6) is 0 Å². The van der Waals surface area contributed by atoms with E-state index in [-0.39, 0.29) is 17.2 Å². The van der Waals surface area contributed by atoms with Crippen LogP contribution >= 0.6 is 0 Å². The van der Waals surface area contributed by atoms with E-state index in [2.05, 4.69) is 15.1 Å².